The van der Waals surface area contributed by atoms with Gasteiger partial charge in [0.1, 0.15) is 0 Å². The number of amides is 1. The van der Waals surface area contributed by atoms with E-state index in [4.69, 9.17) is 0 Å². The van der Waals surface area contributed by atoms with Crippen LogP contribution in [0.15, 0.2) is 47.0 Å². The topological polar surface area (TPSA) is 72.7 Å². The van der Waals surface area contributed by atoms with Crippen LogP contribution in [0.4, 0.5) is 5.69 Å². The predicted molar refractivity (Wildman–Crippen MR) is 94.9 cm³/mol. The zero-order valence-electron chi connectivity index (χ0n) is 13.1. The number of carbonyl (C=O) groups excluding carboxylic acids is 1. The first kappa shape index (κ1) is 17.6. The molecular formula is C15H19N5OS2. The molecule has 2 aromatic rings. The van der Waals surface area contributed by atoms with E-state index in [9.17, 15) is 4.79 Å². The van der Waals surface area contributed by atoms with Crippen molar-refractivity contribution in [3.8, 4) is 0 Å². The van der Waals surface area contributed by atoms with Crippen LogP contribution < -0.4 is 5.32 Å². The summed E-state index contributed by atoms with van der Waals surface area (Å²) in [5.74, 6) is 0.971. The molecule has 0 saturated carbocycles. The molecule has 8 heteroatoms. The zero-order chi connectivity index (χ0) is 16.7. The lowest BCUT2D eigenvalue weighted by molar-refractivity contribution is -0.113. The fourth-order valence-corrected chi connectivity index (χ4v) is 3.32. The van der Waals surface area contributed by atoms with Gasteiger partial charge in [-0.15, -0.1) is 23.4 Å². The number of tetrazole rings is 1. The standard InChI is InChI=1S/C15H19N5OS2/c1-4-9-22-13-8-6-5-7-12(13)16-14(21)10-23-15-17-18-19-20(15)11(2)3/h4-8,11H,1,9-10H2,2-3H3,(H,16,21). The monoisotopic (exact) mass is 349 g/mol. The Hall–Kier alpha value is -1.80. The van der Waals surface area contributed by atoms with E-state index in [-0.39, 0.29) is 17.7 Å². The number of hydrogen-bond acceptors (Lipinski definition) is 6. The Bertz CT molecular complexity index is 671. The molecule has 0 spiro atoms. The maximum atomic E-state index is 12.2. The van der Waals surface area contributed by atoms with Crippen molar-refractivity contribution in [1.82, 2.24) is 20.2 Å². The number of para-hydroxylation sites is 1. The number of hydrogen-bond donors (Lipinski definition) is 1. The third-order valence-electron chi connectivity index (χ3n) is 2.80. The molecule has 0 saturated heterocycles. The summed E-state index contributed by atoms with van der Waals surface area (Å²) in [6, 6.07) is 7.89. The van der Waals surface area contributed by atoms with E-state index in [1.165, 1.54) is 11.8 Å². The molecule has 0 atom stereocenters. The van der Waals surface area contributed by atoms with Crippen molar-refractivity contribution in [2.75, 3.05) is 16.8 Å². The molecule has 0 fully saturated rings. The van der Waals surface area contributed by atoms with Crippen molar-refractivity contribution in [1.29, 1.82) is 0 Å². The zero-order valence-corrected chi connectivity index (χ0v) is 14.7. The van der Waals surface area contributed by atoms with Crippen molar-refractivity contribution in [3.05, 3.63) is 36.9 Å². The Morgan fingerprint density at radius 2 is 2.17 bits per heavy atom. The maximum Gasteiger partial charge on any atom is 0.234 e. The molecule has 23 heavy (non-hydrogen) atoms. The third kappa shape index (κ3) is 5.11. The number of aromatic nitrogens is 4. The molecule has 0 aliphatic heterocycles. The van der Waals surface area contributed by atoms with Crippen LogP contribution in [0.1, 0.15) is 19.9 Å². The number of benzene rings is 1. The summed E-state index contributed by atoms with van der Waals surface area (Å²) in [6.45, 7) is 7.70. The molecule has 6 nitrogen and oxygen atoms in total. The van der Waals surface area contributed by atoms with E-state index in [0.29, 0.717) is 5.16 Å². The third-order valence-corrected chi connectivity index (χ3v) is 4.80. The molecule has 122 valence electrons. The second kappa shape index (κ2) is 8.73. The number of anilines is 1. The van der Waals surface area contributed by atoms with Crippen LogP contribution >= 0.6 is 23.5 Å². The molecule has 0 unspecified atom stereocenters. The van der Waals surface area contributed by atoms with Gasteiger partial charge in [0, 0.05) is 10.6 Å². The van der Waals surface area contributed by atoms with E-state index in [1.807, 2.05) is 44.2 Å². The van der Waals surface area contributed by atoms with E-state index < -0.39 is 0 Å². The van der Waals surface area contributed by atoms with Crippen LogP contribution in [0.3, 0.4) is 0 Å². The van der Waals surface area contributed by atoms with Gasteiger partial charge >= 0.3 is 0 Å². The molecule has 0 bridgehead atoms. The number of rotatable bonds is 8. The number of nitrogens with zero attached hydrogens (tertiary/aromatic N) is 4. The summed E-state index contributed by atoms with van der Waals surface area (Å²) >= 11 is 2.96. The molecule has 0 radical (unpaired) electrons. The van der Waals surface area contributed by atoms with Crippen LogP contribution in [-0.2, 0) is 4.79 Å². The van der Waals surface area contributed by atoms with Crippen LogP contribution in [0.25, 0.3) is 0 Å². The fraction of sp³-hybridized carbons (Fsp3) is 0.333. The van der Waals surface area contributed by atoms with Gasteiger partial charge in [-0.1, -0.05) is 30.0 Å². The molecule has 1 heterocycles. The van der Waals surface area contributed by atoms with Gasteiger partial charge < -0.3 is 5.32 Å². The summed E-state index contributed by atoms with van der Waals surface area (Å²) in [5, 5.41) is 15.1. The quantitative estimate of drug-likeness (QED) is 0.582. The minimum atomic E-state index is -0.0834. The molecule has 0 aliphatic carbocycles. The Labute approximate surface area is 144 Å². The molecule has 1 N–H and O–H groups in total. The minimum absolute atomic E-state index is 0.0834. The maximum absolute atomic E-state index is 12.2. The second-order valence-electron chi connectivity index (χ2n) is 4.93. The van der Waals surface area contributed by atoms with E-state index in [1.54, 1.807) is 16.4 Å². The summed E-state index contributed by atoms with van der Waals surface area (Å²) < 4.78 is 1.70. The van der Waals surface area contributed by atoms with Crippen molar-refractivity contribution >= 4 is 35.1 Å². The molecule has 1 aromatic carbocycles. The van der Waals surface area contributed by atoms with Crippen LogP contribution in [-0.4, -0.2) is 37.6 Å². The summed E-state index contributed by atoms with van der Waals surface area (Å²) in [7, 11) is 0. The van der Waals surface area contributed by atoms with Gasteiger partial charge in [-0.25, -0.2) is 4.68 Å². The number of carbonyl (C=O) groups is 1. The van der Waals surface area contributed by atoms with Gasteiger partial charge in [-0.05, 0) is 36.4 Å². The van der Waals surface area contributed by atoms with Crippen molar-refractivity contribution in [2.45, 2.75) is 29.9 Å². The second-order valence-corrected chi connectivity index (χ2v) is 6.94. The first-order valence-corrected chi connectivity index (χ1v) is 9.12. The average molecular weight is 349 g/mol. The van der Waals surface area contributed by atoms with E-state index >= 15 is 0 Å². The van der Waals surface area contributed by atoms with Gasteiger partial charge in [-0.2, -0.15) is 0 Å². The molecule has 2 rings (SSSR count). The average Bonchev–Trinajstić information content (AvgIpc) is 3.01. The van der Waals surface area contributed by atoms with Crippen LogP contribution in [0.5, 0.6) is 0 Å². The van der Waals surface area contributed by atoms with Gasteiger partial charge in [0.2, 0.25) is 11.1 Å². The Morgan fingerprint density at radius 1 is 1.39 bits per heavy atom. The molecule has 1 amide bonds. The number of nitrogens with one attached hydrogen (secondary N) is 1. The first-order chi connectivity index (χ1) is 11.1. The summed E-state index contributed by atoms with van der Waals surface area (Å²) in [4.78, 5) is 13.2. The van der Waals surface area contributed by atoms with Gasteiger partial charge in [0.15, 0.2) is 0 Å². The van der Waals surface area contributed by atoms with Gasteiger partial charge in [0.05, 0.1) is 17.5 Å². The van der Waals surface area contributed by atoms with E-state index in [2.05, 4.69) is 27.4 Å². The fourth-order valence-electron chi connectivity index (χ4n) is 1.77. The van der Waals surface area contributed by atoms with Crippen molar-refractivity contribution in [3.63, 3.8) is 0 Å². The minimum Gasteiger partial charge on any atom is -0.324 e. The van der Waals surface area contributed by atoms with Crippen LogP contribution in [0.2, 0.25) is 0 Å². The lowest BCUT2D eigenvalue weighted by Crippen LogP contribution is -2.15. The van der Waals surface area contributed by atoms with Gasteiger partial charge in [-0.3, -0.25) is 4.79 Å². The molecule has 1 aromatic heterocycles. The summed E-state index contributed by atoms with van der Waals surface area (Å²) in [5.41, 5.74) is 0.813. The van der Waals surface area contributed by atoms with E-state index in [0.717, 1.165) is 16.3 Å². The lowest BCUT2D eigenvalue weighted by Gasteiger charge is -2.10. The lowest BCUT2D eigenvalue weighted by atomic mass is 10.3. The Kier molecular flexibility index (Phi) is 6.66. The Morgan fingerprint density at radius 3 is 2.91 bits per heavy atom. The largest absolute Gasteiger partial charge is 0.324 e. The van der Waals surface area contributed by atoms with Crippen molar-refractivity contribution < 1.29 is 4.79 Å². The number of thioether (sulfide) groups is 2. The van der Waals surface area contributed by atoms with Crippen molar-refractivity contribution in [2.24, 2.45) is 0 Å². The molecular weight excluding hydrogens is 330 g/mol. The highest BCUT2D eigenvalue weighted by Crippen LogP contribution is 2.27. The highest BCUT2D eigenvalue weighted by Gasteiger charge is 2.13. The Balaban J connectivity index is 1.95. The smallest absolute Gasteiger partial charge is 0.234 e. The SMILES string of the molecule is C=CCSc1ccccc1NC(=O)CSc1nnnn1C(C)C. The van der Waals surface area contributed by atoms with Gasteiger partial charge in [0.25, 0.3) is 0 Å². The first-order valence-electron chi connectivity index (χ1n) is 7.15. The van der Waals surface area contributed by atoms with Crippen LogP contribution in [0, 0.1) is 0 Å². The normalized spacial score (nSPS) is 10.7. The molecule has 0 aliphatic rings. The highest BCUT2D eigenvalue weighted by molar-refractivity contribution is 8.00. The highest BCUT2D eigenvalue weighted by atomic mass is 32.2. The summed E-state index contributed by atoms with van der Waals surface area (Å²) in [6.07, 6.45) is 1.84. The predicted octanol–water partition coefficient (Wildman–Crippen LogP) is 3.26.